The monoisotopic (exact) mass is 384 g/mol. The zero-order valence-electron chi connectivity index (χ0n) is 19.4. The molecule has 28 heavy (non-hydrogen) atoms. The Labute approximate surface area is 174 Å². The van der Waals surface area contributed by atoms with Gasteiger partial charge in [-0.3, -0.25) is 4.79 Å². The first-order chi connectivity index (χ1) is 13.2. The van der Waals surface area contributed by atoms with Crippen LogP contribution in [0.5, 0.6) is 0 Å². The topological polar surface area (TPSA) is 17.1 Å². The molecule has 0 N–H and O–H groups in total. The van der Waals surface area contributed by atoms with Gasteiger partial charge in [0.15, 0.2) is 0 Å². The number of hydrogen-bond acceptors (Lipinski definition) is 1. The second-order valence-electron chi connectivity index (χ2n) is 12.2. The SMILES string of the molecule is CC(C)[C@@H](C)CC[C@@H](C)[C@@H]1CC[C@@H]2C3=CC[C@H]4CC(=O)C[C@]4(C)[C@@H]3CC[C@@]21C. The lowest BCUT2D eigenvalue weighted by Crippen LogP contribution is -2.46. The number of rotatable bonds is 5. The van der Waals surface area contributed by atoms with Crippen LogP contribution >= 0.6 is 0 Å². The summed E-state index contributed by atoms with van der Waals surface area (Å²) in [5.41, 5.74) is 2.58. The van der Waals surface area contributed by atoms with E-state index in [0.29, 0.717) is 23.0 Å². The number of fused-ring (bicyclic) bond motifs is 5. The van der Waals surface area contributed by atoms with Crippen LogP contribution < -0.4 is 0 Å². The molecule has 4 rings (SSSR count). The normalized spacial score (nSPS) is 44.7. The van der Waals surface area contributed by atoms with Crippen molar-refractivity contribution in [3.63, 3.8) is 0 Å². The Morgan fingerprint density at radius 3 is 2.43 bits per heavy atom. The lowest BCUT2D eigenvalue weighted by Gasteiger charge is -2.54. The Morgan fingerprint density at radius 1 is 1.00 bits per heavy atom. The van der Waals surface area contributed by atoms with Crippen LogP contribution in [0.15, 0.2) is 11.6 Å². The molecule has 8 atom stereocenters. The molecule has 0 aliphatic heterocycles. The molecule has 0 radical (unpaired) electrons. The fourth-order valence-corrected chi connectivity index (χ4v) is 8.21. The summed E-state index contributed by atoms with van der Waals surface area (Å²) in [7, 11) is 0. The summed E-state index contributed by atoms with van der Waals surface area (Å²) >= 11 is 0. The lowest BCUT2D eigenvalue weighted by molar-refractivity contribution is -0.118. The van der Waals surface area contributed by atoms with Gasteiger partial charge in [-0.1, -0.05) is 66.0 Å². The second kappa shape index (κ2) is 7.28. The molecule has 1 nitrogen and oxygen atoms in total. The van der Waals surface area contributed by atoms with Crippen molar-refractivity contribution in [3.05, 3.63) is 11.6 Å². The Kier molecular flexibility index (Phi) is 5.37. The van der Waals surface area contributed by atoms with Crippen molar-refractivity contribution in [2.24, 2.45) is 52.3 Å². The molecule has 158 valence electrons. The van der Waals surface area contributed by atoms with Crippen LogP contribution in [0.4, 0.5) is 0 Å². The summed E-state index contributed by atoms with van der Waals surface area (Å²) in [6.07, 6.45) is 13.9. The highest BCUT2D eigenvalue weighted by atomic mass is 16.1. The largest absolute Gasteiger partial charge is 0.300 e. The summed E-state index contributed by atoms with van der Waals surface area (Å²) < 4.78 is 0. The average Bonchev–Trinajstić information content (AvgIpc) is 3.14. The average molecular weight is 385 g/mol. The Bertz CT molecular complexity index is 645. The molecule has 4 aliphatic rings. The predicted molar refractivity (Wildman–Crippen MR) is 118 cm³/mol. The zero-order chi connectivity index (χ0) is 20.3. The summed E-state index contributed by atoms with van der Waals surface area (Å²) in [6, 6.07) is 0. The summed E-state index contributed by atoms with van der Waals surface area (Å²) in [6.45, 7) is 14.9. The van der Waals surface area contributed by atoms with Gasteiger partial charge in [0.25, 0.3) is 0 Å². The van der Waals surface area contributed by atoms with Crippen molar-refractivity contribution >= 4 is 5.78 Å². The van der Waals surface area contributed by atoms with Crippen molar-refractivity contribution in [2.45, 2.75) is 99.3 Å². The van der Waals surface area contributed by atoms with Crippen molar-refractivity contribution in [2.75, 3.05) is 0 Å². The fourth-order valence-electron chi connectivity index (χ4n) is 8.21. The first-order valence-electron chi connectivity index (χ1n) is 12.4. The van der Waals surface area contributed by atoms with Crippen LogP contribution in [0, 0.1) is 52.3 Å². The van der Waals surface area contributed by atoms with Crippen LogP contribution in [-0.4, -0.2) is 5.78 Å². The molecular formula is C27H44O. The molecule has 4 aliphatic carbocycles. The summed E-state index contributed by atoms with van der Waals surface area (Å²) in [5, 5.41) is 0. The molecule has 0 spiro atoms. The van der Waals surface area contributed by atoms with Gasteiger partial charge in [-0.15, -0.1) is 0 Å². The van der Waals surface area contributed by atoms with Gasteiger partial charge in [0.1, 0.15) is 5.78 Å². The van der Waals surface area contributed by atoms with E-state index < -0.39 is 0 Å². The van der Waals surface area contributed by atoms with E-state index >= 15 is 0 Å². The second-order valence-corrected chi connectivity index (χ2v) is 12.2. The third-order valence-electron chi connectivity index (χ3n) is 10.5. The van der Waals surface area contributed by atoms with Crippen LogP contribution in [-0.2, 0) is 4.79 Å². The van der Waals surface area contributed by atoms with Crippen molar-refractivity contribution in [3.8, 4) is 0 Å². The molecular weight excluding hydrogens is 340 g/mol. The highest BCUT2D eigenvalue weighted by molar-refractivity contribution is 5.82. The van der Waals surface area contributed by atoms with E-state index in [2.05, 4.69) is 47.6 Å². The number of carbonyl (C=O) groups is 1. The number of carbonyl (C=O) groups excluding carboxylic acids is 1. The van der Waals surface area contributed by atoms with Crippen LogP contribution in [0.2, 0.25) is 0 Å². The molecule has 3 saturated carbocycles. The molecule has 0 bridgehead atoms. The maximum absolute atomic E-state index is 12.3. The minimum atomic E-state index is 0.277. The van der Waals surface area contributed by atoms with E-state index in [4.69, 9.17) is 0 Å². The minimum absolute atomic E-state index is 0.277. The number of ketones is 1. The Morgan fingerprint density at radius 2 is 1.71 bits per heavy atom. The summed E-state index contributed by atoms with van der Waals surface area (Å²) in [4.78, 5) is 12.3. The van der Waals surface area contributed by atoms with Crippen molar-refractivity contribution in [1.82, 2.24) is 0 Å². The van der Waals surface area contributed by atoms with E-state index in [1.807, 2.05) is 0 Å². The molecule has 0 unspecified atom stereocenters. The van der Waals surface area contributed by atoms with Gasteiger partial charge in [-0.2, -0.15) is 0 Å². The van der Waals surface area contributed by atoms with Gasteiger partial charge in [-0.05, 0) is 84.4 Å². The molecule has 3 fully saturated rings. The third-order valence-corrected chi connectivity index (χ3v) is 10.5. The fraction of sp³-hybridized carbons (Fsp3) is 0.889. The van der Waals surface area contributed by atoms with E-state index in [1.54, 1.807) is 5.57 Å². The van der Waals surface area contributed by atoms with Gasteiger partial charge in [0, 0.05) is 12.8 Å². The minimum Gasteiger partial charge on any atom is -0.300 e. The highest BCUT2D eigenvalue weighted by Crippen LogP contribution is 2.67. The highest BCUT2D eigenvalue weighted by Gasteiger charge is 2.59. The Hall–Kier alpha value is -0.590. The van der Waals surface area contributed by atoms with E-state index in [0.717, 1.165) is 42.4 Å². The van der Waals surface area contributed by atoms with Gasteiger partial charge in [-0.25, -0.2) is 0 Å². The van der Waals surface area contributed by atoms with Crippen LogP contribution in [0.1, 0.15) is 99.3 Å². The molecule has 0 aromatic carbocycles. The molecule has 0 aromatic heterocycles. The predicted octanol–water partition coefficient (Wildman–Crippen LogP) is 7.45. The van der Waals surface area contributed by atoms with E-state index in [9.17, 15) is 4.79 Å². The van der Waals surface area contributed by atoms with Gasteiger partial charge in [0.2, 0.25) is 0 Å². The quantitative estimate of drug-likeness (QED) is 0.450. The first-order valence-corrected chi connectivity index (χ1v) is 12.4. The molecule has 0 amide bonds. The van der Waals surface area contributed by atoms with Crippen LogP contribution in [0.25, 0.3) is 0 Å². The standard InChI is InChI=1S/C27H44O/c1-17(2)18(3)7-8-19(4)23-11-12-24-22-10-9-20-15-21(28)16-27(20,6)25(22)13-14-26(23,24)5/h10,17-20,23-25H,7-9,11-16H2,1-6H3/t18-,19+,20-,23-,24+,25+,26+,27-/m0/s1. The van der Waals surface area contributed by atoms with Gasteiger partial charge >= 0.3 is 0 Å². The van der Waals surface area contributed by atoms with Crippen molar-refractivity contribution < 1.29 is 4.79 Å². The molecule has 1 heteroatoms. The van der Waals surface area contributed by atoms with E-state index in [-0.39, 0.29) is 5.41 Å². The zero-order valence-corrected chi connectivity index (χ0v) is 19.4. The number of Topliss-reactive ketones (excluding diaryl/α,β-unsaturated/α-hetero) is 1. The molecule has 0 saturated heterocycles. The van der Waals surface area contributed by atoms with Crippen LogP contribution in [0.3, 0.4) is 0 Å². The summed E-state index contributed by atoms with van der Waals surface area (Å²) in [5.74, 6) is 6.08. The van der Waals surface area contributed by atoms with E-state index in [1.165, 1.54) is 44.9 Å². The number of allylic oxidation sites excluding steroid dienone is 2. The molecule has 0 aromatic rings. The van der Waals surface area contributed by atoms with Gasteiger partial charge < -0.3 is 0 Å². The first kappa shape index (κ1) is 20.7. The molecule has 0 heterocycles. The number of hydrogen-bond donors (Lipinski definition) is 0. The maximum atomic E-state index is 12.3. The maximum Gasteiger partial charge on any atom is 0.133 e. The Balaban J connectivity index is 1.50. The lowest BCUT2D eigenvalue weighted by atomic mass is 9.50. The van der Waals surface area contributed by atoms with Gasteiger partial charge in [0.05, 0.1) is 0 Å². The smallest absolute Gasteiger partial charge is 0.133 e. The third kappa shape index (κ3) is 3.14. The van der Waals surface area contributed by atoms with Crippen molar-refractivity contribution in [1.29, 1.82) is 0 Å².